The van der Waals surface area contributed by atoms with E-state index in [-0.39, 0.29) is 5.82 Å². The first-order valence-electron chi connectivity index (χ1n) is 6.72. The number of carbonyl (C=O) groups excluding carboxylic acids is 1. The summed E-state index contributed by atoms with van der Waals surface area (Å²) in [4.78, 5) is 23.1. The molecule has 114 valence electrons. The second-order valence-corrected chi connectivity index (χ2v) is 4.72. The van der Waals surface area contributed by atoms with Crippen LogP contribution < -0.4 is 11.1 Å². The summed E-state index contributed by atoms with van der Waals surface area (Å²) in [6, 6.07) is 9.61. The number of carbonyl (C=O) groups is 1. The quantitative estimate of drug-likeness (QED) is 0.720. The summed E-state index contributed by atoms with van der Waals surface area (Å²) in [5.74, 6) is 0.147. The van der Waals surface area contributed by atoms with E-state index in [1.807, 2.05) is 0 Å². The number of nitrogens with zero attached hydrogens (tertiary/aromatic N) is 3. The number of nitrogens with one attached hydrogen (secondary N) is 1. The molecule has 0 atom stereocenters. The van der Waals surface area contributed by atoms with Crippen molar-refractivity contribution in [2.75, 3.05) is 11.1 Å². The largest absolute Gasteiger partial charge is 0.381 e. The number of aldehydes is 1. The maximum Gasteiger partial charge on any atom is 0.174 e. The predicted molar refractivity (Wildman–Crippen MR) is 84.7 cm³/mol. The number of hydrogen-bond acceptors (Lipinski definition) is 6. The van der Waals surface area contributed by atoms with Crippen LogP contribution in [0.25, 0.3) is 11.4 Å². The van der Waals surface area contributed by atoms with Crippen molar-refractivity contribution in [1.29, 1.82) is 0 Å². The first-order valence-corrected chi connectivity index (χ1v) is 6.72. The molecular weight excluding hydrogens is 297 g/mol. The van der Waals surface area contributed by atoms with Gasteiger partial charge in [0.25, 0.3) is 0 Å². The number of pyridine rings is 1. The summed E-state index contributed by atoms with van der Waals surface area (Å²) in [5.41, 5.74) is 8.05. The predicted octanol–water partition coefficient (Wildman–Crippen LogP) is 2.82. The van der Waals surface area contributed by atoms with E-state index in [9.17, 15) is 9.18 Å². The average Bonchev–Trinajstić information content (AvgIpc) is 2.58. The van der Waals surface area contributed by atoms with E-state index in [2.05, 4.69) is 20.3 Å². The minimum atomic E-state index is -0.425. The van der Waals surface area contributed by atoms with Gasteiger partial charge in [-0.2, -0.15) is 0 Å². The van der Waals surface area contributed by atoms with Crippen LogP contribution in [0, 0.1) is 5.82 Å². The van der Waals surface area contributed by atoms with Gasteiger partial charge in [0, 0.05) is 11.3 Å². The van der Waals surface area contributed by atoms with Crippen LogP contribution in [0.5, 0.6) is 0 Å². The van der Waals surface area contributed by atoms with Gasteiger partial charge in [0.05, 0.1) is 18.1 Å². The third kappa shape index (κ3) is 3.29. The Kier molecular flexibility index (Phi) is 3.92. The van der Waals surface area contributed by atoms with Crippen LogP contribution in [0.1, 0.15) is 10.4 Å². The number of anilines is 3. The fraction of sp³-hybridized carbons (Fsp3) is 0. The lowest BCUT2D eigenvalue weighted by atomic mass is 10.2. The summed E-state index contributed by atoms with van der Waals surface area (Å²) in [6.45, 7) is 0. The number of hydrogen-bond donors (Lipinski definition) is 2. The van der Waals surface area contributed by atoms with Crippen molar-refractivity contribution >= 4 is 23.6 Å². The van der Waals surface area contributed by atoms with Crippen LogP contribution in [-0.4, -0.2) is 21.2 Å². The fourth-order valence-electron chi connectivity index (χ4n) is 1.92. The lowest BCUT2D eigenvalue weighted by Crippen LogP contribution is -2.03. The molecule has 0 saturated carbocycles. The molecule has 0 radical (unpaired) electrons. The summed E-state index contributed by atoms with van der Waals surface area (Å²) >= 11 is 0. The zero-order valence-electron chi connectivity index (χ0n) is 11.9. The van der Waals surface area contributed by atoms with Gasteiger partial charge in [-0.3, -0.25) is 9.78 Å². The molecule has 0 spiro atoms. The topological polar surface area (TPSA) is 93.8 Å². The minimum absolute atomic E-state index is 0.218. The second kappa shape index (κ2) is 6.18. The second-order valence-electron chi connectivity index (χ2n) is 4.72. The molecule has 6 nitrogen and oxygen atoms in total. The van der Waals surface area contributed by atoms with Gasteiger partial charge in [-0.25, -0.2) is 14.4 Å². The van der Waals surface area contributed by atoms with E-state index in [0.29, 0.717) is 28.5 Å². The van der Waals surface area contributed by atoms with E-state index in [1.165, 1.54) is 18.3 Å². The van der Waals surface area contributed by atoms with Crippen LogP contribution in [-0.2, 0) is 0 Å². The Hall–Kier alpha value is -3.35. The lowest BCUT2D eigenvalue weighted by molar-refractivity contribution is 0.112. The van der Waals surface area contributed by atoms with Gasteiger partial charge in [-0.15, -0.1) is 0 Å². The molecule has 0 amide bonds. The highest BCUT2D eigenvalue weighted by atomic mass is 19.1. The summed E-state index contributed by atoms with van der Waals surface area (Å²) in [5, 5.41) is 3.03. The van der Waals surface area contributed by atoms with Crippen molar-refractivity contribution in [3.8, 4) is 11.4 Å². The third-order valence-electron chi connectivity index (χ3n) is 3.10. The standard InChI is InChI=1S/C16H12FN5O/c17-11-3-6-13(19-7-11)14-8-20-15(18)16(22-14)21-12-4-1-10(9-23)2-5-12/h1-9H,(H2,18,20)(H,21,22). The van der Waals surface area contributed by atoms with Crippen LogP contribution in [0.4, 0.5) is 21.7 Å². The van der Waals surface area contributed by atoms with Crippen LogP contribution in [0.3, 0.4) is 0 Å². The van der Waals surface area contributed by atoms with Crippen molar-refractivity contribution in [2.45, 2.75) is 0 Å². The van der Waals surface area contributed by atoms with Gasteiger partial charge in [0.2, 0.25) is 0 Å². The molecule has 0 aliphatic rings. The zero-order chi connectivity index (χ0) is 16.2. The van der Waals surface area contributed by atoms with Crippen molar-refractivity contribution < 1.29 is 9.18 Å². The highest BCUT2D eigenvalue weighted by Crippen LogP contribution is 2.23. The Morgan fingerprint density at radius 1 is 1.00 bits per heavy atom. The molecule has 3 rings (SSSR count). The molecule has 0 aliphatic heterocycles. The Balaban J connectivity index is 1.90. The summed E-state index contributed by atoms with van der Waals surface area (Å²) in [6.07, 6.45) is 3.34. The molecule has 7 heteroatoms. The fourth-order valence-corrected chi connectivity index (χ4v) is 1.92. The van der Waals surface area contributed by atoms with Crippen molar-refractivity contribution in [1.82, 2.24) is 15.0 Å². The van der Waals surface area contributed by atoms with E-state index in [4.69, 9.17) is 5.73 Å². The van der Waals surface area contributed by atoms with E-state index in [1.54, 1.807) is 24.3 Å². The van der Waals surface area contributed by atoms with Gasteiger partial charge in [-0.05, 0) is 36.4 Å². The molecule has 3 N–H and O–H groups in total. The molecule has 2 heterocycles. The monoisotopic (exact) mass is 309 g/mol. The number of nitrogens with two attached hydrogens (primary N) is 1. The number of benzene rings is 1. The Labute approximate surface area is 131 Å². The van der Waals surface area contributed by atoms with E-state index >= 15 is 0 Å². The maximum absolute atomic E-state index is 12.9. The molecule has 0 saturated heterocycles. The smallest absolute Gasteiger partial charge is 0.174 e. The van der Waals surface area contributed by atoms with Crippen LogP contribution in [0.2, 0.25) is 0 Å². The zero-order valence-corrected chi connectivity index (χ0v) is 11.9. The summed E-state index contributed by atoms with van der Waals surface area (Å²) < 4.78 is 12.9. The molecular formula is C16H12FN5O. The molecule has 0 fully saturated rings. The molecule has 2 aromatic heterocycles. The molecule has 3 aromatic rings. The normalized spacial score (nSPS) is 10.3. The van der Waals surface area contributed by atoms with E-state index in [0.717, 1.165) is 12.5 Å². The Bertz CT molecular complexity index is 834. The number of nitrogen functional groups attached to an aromatic ring is 1. The number of rotatable bonds is 4. The summed E-state index contributed by atoms with van der Waals surface area (Å²) in [7, 11) is 0. The Morgan fingerprint density at radius 2 is 1.78 bits per heavy atom. The van der Waals surface area contributed by atoms with Gasteiger partial charge in [-0.1, -0.05) is 0 Å². The van der Waals surface area contributed by atoms with Gasteiger partial charge < -0.3 is 11.1 Å². The number of aromatic nitrogens is 3. The molecule has 1 aromatic carbocycles. The highest BCUT2D eigenvalue weighted by molar-refractivity contribution is 5.76. The van der Waals surface area contributed by atoms with Crippen LogP contribution >= 0.6 is 0 Å². The first kappa shape index (κ1) is 14.6. The minimum Gasteiger partial charge on any atom is -0.381 e. The van der Waals surface area contributed by atoms with E-state index < -0.39 is 5.82 Å². The highest BCUT2D eigenvalue weighted by Gasteiger charge is 2.08. The molecule has 0 aliphatic carbocycles. The molecule has 0 unspecified atom stereocenters. The average molecular weight is 309 g/mol. The molecule has 0 bridgehead atoms. The van der Waals surface area contributed by atoms with Gasteiger partial charge in [0.15, 0.2) is 11.6 Å². The van der Waals surface area contributed by atoms with Crippen LogP contribution in [0.15, 0.2) is 48.8 Å². The third-order valence-corrected chi connectivity index (χ3v) is 3.10. The molecule has 23 heavy (non-hydrogen) atoms. The first-order chi connectivity index (χ1) is 11.2. The van der Waals surface area contributed by atoms with Crippen molar-refractivity contribution in [3.05, 3.63) is 60.2 Å². The number of halogens is 1. The van der Waals surface area contributed by atoms with Crippen molar-refractivity contribution in [2.24, 2.45) is 0 Å². The van der Waals surface area contributed by atoms with Crippen molar-refractivity contribution in [3.63, 3.8) is 0 Å². The van der Waals surface area contributed by atoms with Gasteiger partial charge in [0.1, 0.15) is 17.8 Å². The Morgan fingerprint density at radius 3 is 2.43 bits per heavy atom. The lowest BCUT2D eigenvalue weighted by Gasteiger charge is -2.09. The SMILES string of the molecule is Nc1ncc(-c2ccc(F)cn2)nc1Nc1ccc(C=O)cc1. The van der Waals surface area contributed by atoms with Gasteiger partial charge >= 0.3 is 0 Å². The maximum atomic E-state index is 12.9.